The molecule has 1 fully saturated rings. The molecule has 0 bridgehead atoms. The van der Waals surface area contributed by atoms with Crippen molar-refractivity contribution < 1.29 is 4.79 Å². The van der Waals surface area contributed by atoms with E-state index >= 15 is 0 Å². The van der Waals surface area contributed by atoms with Crippen LogP contribution in [0.4, 0.5) is 0 Å². The van der Waals surface area contributed by atoms with Crippen LogP contribution in [0.3, 0.4) is 0 Å². The van der Waals surface area contributed by atoms with E-state index in [2.05, 4.69) is 4.37 Å². The first-order chi connectivity index (χ1) is 4.90. The molecule has 1 heterocycles. The molecule has 0 radical (unpaired) electrons. The second-order valence-corrected chi connectivity index (χ2v) is 3.38. The molecular weight excluding hydrogens is 146 g/mol. The summed E-state index contributed by atoms with van der Waals surface area (Å²) in [6.45, 7) is 0. The maximum absolute atomic E-state index is 10.2. The smallest absolute Gasteiger partial charge is 0.161 e. The second-order valence-electron chi connectivity index (χ2n) is 2.55. The molecule has 0 aliphatic heterocycles. The summed E-state index contributed by atoms with van der Waals surface area (Å²) in [5.74, 6) is 0.671. The highest BCUT2D eigenvalue weighted by atomic mass is 32.1. The third kappa shape index (κ3) is 0.968. The van der Waals surface area contributed by atoms with Crippen LogP contribution in [0.5, 0.6) is 0 Å². The van der Waals surface area contributed by atoms with Gasteiger partial charge in [-0.15, -0.1) is 0 Å². The van der Waals surface area contributed by atoms with Gasteiger partial charge in [0.15, 0.2) is 6.29 Å². The van der Waals surface area contributed by atoms with Crippen LogP contribution in [0.15, 0.2) is 6.07 Å². The number of aromatic nitrogens is 1. The zero-order valence-corrected chi connectivity index (χ0v) is 6.23. The van der Waals surface area contributed by atoms with E-state index < -0.39 is 0 Å². The van der Waals surface area contributed by atoms with Crippen LogP contribution in [0.1, 0.15) is 34.1 Å². The average Bonchev–Trinajstić information content (AvgIpc) is 2.70. The van der Waals surface area contributed by atoms with Crippen LogP contribution >= 0.6 is 11.5 Å². The monoisotopic (exact) mass is 153 g/mol. The number of aldehydes is 1. The maximum Gasteiger partial charge on any atom is 0.161 e. The first-order valence-electron chi connectivity index (χ1n) is 3.32. The van der Waals surface area contributed by atoms with Crippen LogP contribution in [-0.2, 0) is 0 Å². The van der Waals surface area contributed by atoms with Gasteiger partial charge in [-0.1, -0.05) is 0 Å². The fourth-order valence-corrected chi connectivity index (χ4v) is 1.56. The molecule has 1 aromatic heterocycles. The van der Waals surface area contributed by atoms with E-state index in [-0.39, 0.29) is 0 Å². The van der Waals surface area contributed by atoms with Crippen molar-refractivity contribution in [3.63, 3.8) is 0 Å². The molecule has 0 N–H and O–H groups in total. The quantitative estimate of drug-likeness (QED) is 0.607. The number of rotatable bonds is 2. The number of carbonyl (C=O) groups excluding carboxylic acids is 1. The fourth-order valence-electron chi connectivity index (χ4n) is 0.931. The summed E-state index contributed by atoms with van der Waals surface area (Å²) in [5, 5.41) is 0. The van der Waals surface area contributed by atoms with Gasteiger partial charge in [-0.25, -0.2) is 0 Å². The van der Waals surface area contributed by atoms with Gasteiger partial charge in [0.05, 0.1) is 10.6 Å². The first kappa shape index (κ1) is 6.04. The van der Waals surface area contributed by atoms with E-state index in [1.807, 2.05) is 6.07 Å². The topological polar surface area (TPSA) is 30.0 Å². The second kappa shape index (κ2) is 2.16. The molecule has 2 rings (SSSR count). The SMILES string of the molecule is O=Cc1cc(C2CC2)ns1. The first-order valence-corrected chi connectivity index (χ1v) is 4.09. The van der Waals surface area contributed by atoms with Crippen molar-refractivity contribution in [2.75, 3.05) is 0 Å². The molecule has 0 atom stereocenters. The Morgan fingerprint density at radius 3 is 3.00 bits per heavy atom. The van der Waals surface area contributed by atoms with Crippen molar-refractivity contribution in [1.29, 1.82) is 0 Å². The normalized spacial score (nSPS) is 17.2. The number of hydrogen-bond donors (Lipinski definition) is 0. The fraction of sp³-hybridized carbons (Fsp3) is 0.429. The summed E-state index contributed by atoms with van der Waals surface area (Å²) in [6, 6.07) is 1.90. The van der Waals surface area contributed by atoms with Gasteiger partial charge < -0.3 is 0 Å². The molecular formula is C7H7NOS. The average molecular weight is 153 g/mol. The predicted octanol–water partition coefficient (Wildman–Crippen LogP) is 1.83. The lowest BCUT2D eigenvalue weighted by Gasteiger charge is -1.81. The molecule has 2 nitrogen and oxygen atoms in total. The zero-order valence-electron chi connectivity index (χ0n) is 5.41. The van der Waals surface area contributed by atoms with Crippen molar-refractivity contribution in [2.24, 2.45) is 0 Å². The summed E-state index contributed by atoms with van der Waals surface area (Å²) >= 11 is 1.30. The van der Waals surface area contributed by atoms with Crippen molar-refractivity contribution in [3.8, 4) is 0 Å². The van der Waals surface area contributed by atoms with Crippen LogP contribution in [0, 0.1) is 0 Å². The highest BCUT2D eigenvalue weighted by molar-refractivity contribution is 7.07. The minimum atomic E-state index is 0.671. The highest BCUT2D eigenvalue weighted by Crippen LogP contribution is 2.39. The lowest BCUT2D eigenvalue weighted by molar-refractivity contribution is 0.112. The van der Waals surface area contributed by atoms with Gasteiger partial charge in [0.2, 0.25) is 0 Å². The Morgan fingerprint density at radius 1 is 1.70 bits per heavy atom. The third-order valence-corrected chi connectivity index (χ3v) is 2.39. The van der Waals surface area contributed by atoms with Crippen molar-refractivity contribution in [3.05, 3.63) is 16.6 Å². The molecule has 52 valence electrons. The summed E-state index contributed by atoms with van der Waals surface area (Å²) in [7, 11) is 0. The van der Waals surface area contributed by atoms with E-state index in [4.69, 9.17) is 0 Å². The van der Waals surface area contributed by atoms with Gasteiger partial charge in [-0.2, -0.15) is 4.37 Å². The van der Waals surface area contributed by atoms with Gasteiger partial charge in [-0.05, 0) is 30.4 Å². The van der Waals surface area contributed by atoms with Gasteiger partial charge in [0.25, 0.3) is 0 Å². The number of nitrogens with zero attached hydrogens (tertiary/aromatic N) is 1. The van der Waals surface area contributed by atoms with Crippen LogP contribution in [0.25, 0.3) is 0 Å². The summed E-state index contributed by atoms with van der Waals surface area (Å²) in [5.41, 5.74) is 1.12. The van der Waals surface area contributed by atoms with E-state index in [0.29, 0.717) is 5.92 Å². The third-order valence-electron chi connectivity index (χ3n) is 1.66. The van der Waals surface area contributed by atoms with Crippen LogP contribution in [-0.4, -0.2) is 10.7 Å². The molecule has 0 spiro atoms. The Hall–Kier alpha value is -0.700. The highest BCUT2D eigenvalue weighted by Gasteiger charge is 2.25. The summed E-state index contributed by atoms with van der Waals surface area (Å²) in [6.07, 6.45) is 3.37. The van der Waals surface area contributed by atoms with E-state index in [9.17, 15) is 4.79 Å². The molecule has 0 aromatic carbocycles. The summed E-state index contributed by atoms with van der Waals surface area (Å²) in [4.78, 5) is 11.0. The van der Waals surface area contributed by atoms with Gasteiger partial charge in [0, 0.05) is 5.92 Å². The molecule has 0 saturated heterocycles. The number of carbonyl (C=O) groups is 1. The largest absolute Gasteiger partial charge is 0.297 e. The molecule has 1 aliphatic carbocycles. The van der Waals surface area contributed by atoms with Crippen LogP contribution < -0.4 is 0 Å². The van der Waals surface area contributed by atoms with Gasteiger partial charge >= 0.3 is 0 Å². The Bertz CT molecular complexity index is 252. The molecule has 1 aliphatic rings. The molecule has 0 amide bonds. The molecule has 1 aromatic rings. The number of hydrogen-bond acceptors (Lipinski definition) is 3. The molecule has 1 saturated carbocycles. The maximum atomic E-state index is 10.2. The lowest BCUT2D eigenvalue weighted by Crippen LogP contribution is -1.73. The Morgan fingerprint density at radius 2 is 2.50 bits per heavy atom. The zero-order chi connectivity index (χ0) is 6.97. The summed E-state index contributed by atoms with van der Waals surface area (Å²) < 4.78 is 4.16. The van der Waals surface area contributed by atoms with E-state index in [0.717, 1.165) is 16.9 Å². The van der Waals surface area contributed by atoms with Crippen molar-refractivity contribution in [2.45, 2.75) is 18.8 Å². The van der Waals surface area contributed by atoms with E-state index in [1.54, 1.807) is 0 Å². The Labute approximate surface area is 63.0 Å². The molecule has 10 heavy (non-hydrogen) atoms. The predicted molar refractivity (Wildman–Crippen MR) is 39.5 cm³/mol. The van der Waals surface area contributed by atoms with E-state index in [1.165, 1.54) is 24.4 Å². The Balaban J connectivity index is 2.26. The molecule has 3 heteroatoms. The minimum absolute atomic E-state index is 0.671. The molecule has 0 unspecified atom stereocenters. The van der Waals surface area contributed by atoms with Gasteiger partial charge in [-0.3, -0.25) is 4.79 Å². The Kier molecular flexibility index (Phi) is 1.31. The minimum Gasteiger partial charge on any atom is -0.297 e. The lowest BCUT2D eigenvalue weighted by atomic mass is 10.3. The van der Waals surface area contributed by atoms with Crippen LogP contribution in [0.2, 0.25) is 0 Å². The standard InChI is InChI=1S/C7H7NOS/c9-4-6-3-7(8-10-6)5-1-2-5/h3-5H,1-2H2. The van der Waals surface area contributed by atoms with Crippen molar-refractivity contribution >= 4 is 17.8 Å². The van der Waals surface area contributed by atoms with Gasteiger partial charge in [0.1, 0.15) is 0 Å². The van der Waals surface area contributed by atoms with Crippen molar-refractivity contribution in [1.82, 2.24) is 4.37 Å².